The van der Waals surface area contributed by atoms with Crippen LogP contribution in [0.1, 0.15) is 27.9 Å². The molecule has 1 amide bonds. The van der Waals surface area contributed by atoms with Crippen molar-refractivity contribution in [2.45, 2.75) is 30.5 Å². The maximum atomic E-state index is 13.4. The summed E-state index contributed by atoms with van der Waals surface area (Å²) in [5, 5.41) is 2.25. The Morgan fingerprint density at radius 1 is 1.17 bits per heavy atom. The number of benzene rings is 2. The predicted octanol–water partition coefficient (Wildman–Crippen LogP) is 3.47. The molecule has 6 nitrogen and oxygen atoms in total. The van der Waals surface area contributed by atoms with Gasteiger partial charge in [-0.1, -0.05) is 0 Å². The van der Waals surface area contributed by atoms with E-state index < -0.39 is 50.0 Å². The number of hydrogen-bond acceptors (Lipinski definition) is 4. The van der Waals surface area contributed by atoms with E-state index in [1.807, 2.05) is 0 Å². The Hall–Kier alpha value is -2.50. The number of nitrogens with one attached hydrogen (secondary N) is 2. The fourth-order valence-electron chi connectivity index (χ4n) is 2.96. The van der Waals surface area contributed by atoms with Crippen LogP contribution in [0.25, 0.3) is 0 Å². The van der Waals surface area contributed by atoms with Crippen molar-refractivity contribution in [3.05, 3.63) is 58.9 Å². The van der Waals surface area contributed by atoms with Crippen molar-refractivity contribution in [2.24, 2.45) is 0 Å². The van der Waals surface area contributed by atoms with Gasteiger partial charge in [0.15, 0.2) is 0 Å². The highest BCUT2D eigenvalue weighted by Gasteiger charge is 2.36. The van der Waals surface area contributed by atoms with E-state index in [1.165, 1.54) is 19.1 Å². The second-order valence-electron chi connectivity index (χ2n) is 6.81. The first-order valence-corrected chi connectivity index (χ1v) is 10.3. The highest BCUT2D eigenvalue weighted by atomic mass is 32.2. The second-order valence-corrected chi connectivity index (χ2v) is 8.52. The van der Waals surface area contributed by atoms with Gasteiger partial charge in [0.2, 0.25) is 10.0 Å². The van der Waals surface area contributed by atoms with Crippen LogP contribution in [0.2, 0.25) is 0 Å². The number of rotatable bonds is 5. The number of alkyl halides is 3. The van der Waals surface area contributed by atoms with E-state index in [4.69, 9.17) is 4.74 Å². The van der Waals surface area contributed by atoms with Gasteiger partial charge in [0.1, 0.15) is 5.82 Å². The van der Waals surface area contributed by atoms with Gasteiger partial charge in [0, 0.05) is 18.3 Å². The van der Waals surface area contributed by atoms with Crippen LogP contribution in [0, 0.1) is 12.7 Å². The molecule has 0 radical (unpaired) electrons. The topological polar surface area (TPSA) is 84.5 Å². The predicted molar refractivity (Wildman–Crippen MR) is 100 cm³/mol. The number of ether oxygens (including phenoxy) is 1. The molecule has 0 saturated carbocycles. The zero-order chi connectivity index (χ0) is 22.1. The summed E-state index contributed by atoms with van der Waals surface area (Å²) in [5.41, 5.74) is -1.90. The third-order valence-electron chi connectivity index (χ3n) is 4.52. The number of amides is 1. The molecule has 1 heterocycles. The lowest BCUT2D eigenvalue weighted by Gasteiger charge is -2.16. The Bertz CT molecular complexity index is 1060. The van der Waals surface area contributed by atoms with Crippen molar-refractivity contribution < 1.29 is 35.5 Å². The Labute approximate surface area is 170 Å². The maximum Gasteiger partial charge on any atom is 0.417 e. The smallest absolute Gasteiger partial charge is 0.380 e. The number of carbonyl (C=O) groups is 1. The first-order valence-electron chi connectivity index (χ1n) is 8.86. The summed E-state index contributed by atoms with van der Waals surface area (Å²) in [4.78, 5) is 12.1. The molecule has 11 heteroatoms. The maximum absolute atomic E-state index is 13.4. The van der Waals surface area contributed by atoms with Crippen LogP contribution in [0.15, 0.2) is 41.3 Å². The fraction of sp³-hybridized carbons (Fsp3) is 0.316. The van der Waals surface area contributed by atoms with Gasteiger partial charge >= 0.3 is 6.18 Å². The van der Waals surface area contributed by atoms with Crippen LogP contribution in [0.5, 0.6) is 0 Å². The largest absolute Gasteiger partial charge is 0.417 e. The van der Waals surface area contributed by atoms with E-state index in [1.54, 1.807) is 0 Å². The summed E-state index contributed by atoms with van der Waals surface area (Å²) in [6.45, 7) is 1.94. The summed E-state index contributed by atoms with van der Waals surface area (Å²) in [5.74, 6) is -1.71. The van der Waals surface area contributed by atoms with Gasteiger partial charge in [-0.3, -0.25) is 4.79 Å². The van der Waals surface area contributed by atoms with E-state index in [9.17, 15) is 30.8 Å². The van der Waals surface area contributed by atoms with Crippen LogP contribution < -0.4 is 10.0 Å². The molecule has 2 aromatic carbocycles. The lowest BCUT2D eigenvalue weighted by molar-refractivity contribution is -0.137. The molecular formula is C19H18F4N2O4S. The lowest BCUT2D eigenvalue weighted by Crippen LogP contribution is -2.35. The molecule has 0 aromatic heterocycles. The molecule has 30 heavy (non-hydrogen) atoms. The van der Waals surface area contributed by atoms with E-state index >= 15 is 0 Å². The van der Waals surface area contributed by atoms with Gasteiger partial charge in [-0.15, -0.1) is 0 Å². The average Bonchev–Trinajstić information content (AvgIpc) is 3.15. The molecule has 1 saturated heterocycles. The minimum Gasteiger partial charge on any atom is -0.380 e. The molecule has 162 valence electrons. The van der Waals surface area contributed by atoms with Gasteiger partial charge in [0.25, 0.3) is 5.91 Å². The number of halogens is 4. The number of hydrogen-bond donors (Lipinski definition) is 2. The third-order valence-corrected chi connectivity index (χ3v) is 6.04. The molecular weight excluding hydrogens is 428 g/mol. The third kappa shape index (κ3) is 4.97. The van der Waals surface area contributed by atoms with Crippen LogP contribution in [0.3, 0.4) is 0 Å². The molecule has 1 fully saturated rings. The van der Waals surface area contributed by atoms with E-state index in [-0.39, 0.29) is 17.9 Å². The van der Waals surface area contributed by atoms with Gasteiger partial charge < -0.3 is 10.1 Å². The van der Waals surface area contributed by atoms with Crippen LogP contribution >= 0.6 is 0 Å². The van der Waals surface area contributed by atoms with E-state index in [0.29, 0.717) is 25.2 Å². The van der Waals surface area contributed by atoms with Crippen molar-refractivity contribution in [3.63, 3.8) is 0 Å². The molecule has 1 aliphatic rings. The van der Waals surface area contributed by atoms with Crippen LogP contribution in [0.4, 0.5) is 23.2 Å². The quantitative estimate of drug-likeness (QED) is 0.689. The van der Waals surface area contributed by atoms with Crippen molar-refractivity contribution in [1.29, 1.82) is 0 Å². The van der Waals surface area contributed by atoms with Gasteiger partial charge in [-0.25, -0.2) is 17.5 Å². The fourth-order valence-corrected chi connectivity index (χ4v) is 4.24. The average molecular weight is 446 g/mol. The van der Waals surface area contributed by atoms with Crippen molar-refractivity contribution >= 4 is 21.6 Å². The molecule has 2 N–H and O–H groups in total. The van der Waals surface area contributed by atoms with Crippen LogP contribution in [-0.4, -0.2) is 33.6 Å². The van der Waals surface area contributed by atoms with Gasteiger partial charge in [0.05, 0.1) is 22.6 Å². The highest BCUT2D eigenvalue weighted by molar-refractivity contribution is 7.89. The zero-order valence-electron chi connectivity index (χ0n) is 15.7. The van der Waals surface area contributed by atoms with E-state index in [2.05, 4.69) is 10.0 Å². The van der Waals surface area contributed by atoms with Crippen molar-refractivity contribution in [1.82, 2.24) is 4.72 Å². The summed E-state index contributed by atoms with van der Waals surface area (Å²) in [7, 11) is -4.17. The Kier molecular flexibility index (Phi) is 6.16. The number of anilines is 1. The normalized spacial score (nSPS) is 17.2. The summed E-state index contributed by atoms with van der Waals surface area (Å²) in [6.07, 6.45) is -4.46. The summed E-state index contributed by atoms with van der Waals surface area (Å²) >= 11 is 0. The van der Waals surface area contributed by atoms with Crippen molar-refractivity contribution in [3.8, 4) is 0 Å². The molecule has 1 aliphatic heterocycles. The Balaban J connectivity index is 1.96. The molecule has 3 rings (SSSR count). The minimum absolute atomic E-state index is 0.0708. The standard InChI is InChI=1S/C19H18F4N2O4S/c1-11-8-12(2-5-17(11)20)24-18(26)15-9-14(3-4-16(15)19(21,22)23)30(27,28)25-13-6-7-29-10-13/h2-5,8-9,13,25H,6-7,10H2,1H3,(H,24,26)/t13-/m0/s1. The summed E-state index contributed by atoms with van der Waals surface area (Å²) < 4.78 is 86.1. The number of sulfonamides is 1. The molecule has 0 aliphatic carbocycles. The zero-order valence-corrected chi connectivity index (χ0v) is 16.5. The number of aryl methyl sites for hydroxylation is 1. The van der Waals surface area contributed by atoms with Gasteiger partial charge in [-0.2, -0.15) is 13.2 Å². The lowest BCUT2D eigenvalue weighted by atomic mass is 10.1. The van der Waals surface area contributed by atoms with E-state index in [0.717, 1.165) is 12.1 Å². The summed E-state index contributed by atoms with van der Waals surface area (Å²) in [6, 6.07) is 5.01. The van der Waals surface area contributed by atoms with Gasteiger partial charge in [-0.05, 0) is 55.3 Å². The molecule has 0 spiro atoms. The Morgan fingerprint density at radius 3 is 2.50 bits per heavy atom. The van der Waals surface area contributed by atoms with Crippen molar-refractivity contribution in [2.75, 3.05) is 18.5 Å². The highest BCUT2D eigenvalue weighted by Crippen LogP contribution is 2.34. The Morgan fingerprint density at radius 2 is 1.90 bits per heavy atom. The SMILES string of the molecule is Cc1cc(NC(=O)c2cc(S(=O)(=O)N[C@H]3CCOC3)ccc2C(F)(F)F)ccc1F. The van der Waals surface area contributed by atoms with Crippen LogP contribution in [-0.2, 0) is 20.9 Å². The first-order chi connectivity index (χ1) is 14.0. The molecule has 0 bridgehead atoms. The monoisotopic (exact) mass is 446 g/mol. The minimum atomic E-state index is -4.89. The molecule has 1 atom stereocenters. The second kappa shape index (κ2) is 8.32. The number of carbonyl (C=O) groups excluding carboxylic acids is 1. The first kappa shape index (κ1) is 22.2. The molecule has 2 aromatic rings. The molecule has 0 unspecified atom stereocenters.